The van der Waals surface area contributed by atoms with Crippen molar-refractivity contribution in [2.24, 2.45) is 5.41 Å². The summed E-state index contributed by atoms with van der Waals surface area (Å²) in [6.07, 6.45) is -0.0189. The van der Waals surface area contributed by atoms with E-state index in [0.29, 0.717) is 18.8 Å². The number of aliphatic hydroxyl groups excluding tert-OH is 1. The van der Waals surface area contributed by atoms with Gasteiger partial charge in [0, 0.05) is 26.2 Å². The van der Waals surface area contributed by atoms with Crippen molar-refractivity contribution in [2.45, 2.75) is 50.3 Å². The van der Waals surface area contributed by atoms with Crippen molar-refractivity contribution in [3.05, 3.63) is 42.5 Å². The molecule has 2 aromatic rings. The first-order valence-corrected chi connectivity index (χ1v) is 14.0. The van der Waals surface area contributed by atoms with E-state index in [4.69, 9.17) is 9.47 Å². The number of nitrogens with zero attached hydrogens (tertiary/aromatic N) is 2. The van der Waals surface area contributed by atoms with Crippen LogP contribution < -0.4 is 14.2 Å². The molecule has 0 aromatic heterocycles. The van der Waals surface area contributed by atoms with Crippen molar-refractivity contribution < 1.29 is 23.0 Å². The van der Waals surface area contributed by atoms with Crippen LogP contribution in [0.5, 0.6) is 11.5 Å². The monoisotopic (exact) mass is 517 g/mol. The van der Waals surface area contributed by atoms with Gasteiger partial charge in [0.2, 0.25) is 10.0 Å². The van der Waals surface area contributed by atoms with Gasteiger partial charge in [-0.3, -0.25) is 9.80 Å². The number of methoxy groups -OCH3 is 1. The number of hydrogen-bond acceptors (Lipinski definition) is 7. The minimum Gasteiger partial charge on any atom is -0.497 e. The van der Waals surface area contributed by atoms with Gasteiger partial charge in [0.15, 0.2) is 0 Å². The predicted octanol–water partition coefficient (Wildman–Crippen LogP) is 2.81. The van der Waals surface area contributed by atoms with Gasteiger partial charge < -0.3 is 14.6 Å². The maximum Gasteiger partial charge on any atom is 0.244 e. The molecular weight excluding hydrogens is 478 g/mol. The number of β-amino-alcohol motifs (C(OH)–C–C–N with tert-alkyl or cyclic N) is 1. The molecule has 2 aliphatic rings. The summed E-state index contributed by atoms with van der Waals surface area (Å²) in [6, 6.07) is 12.8. The number of benzene rings is 2. The van der Waals surface area contributed by atoms with E-state index in [0.717, 1.165) is 36.4 Å². The highest BCUT2D eigenvalue weighted by atomic mass is 32.2. The van der Waals surface area contributed by atoms with E-state index >= 15 is 0 Å². The normalized spacial score (nSPS) is 25.3. The molecule has 2 aromatic carbocycles. The van der Waals surface area contributed by atoms with Crippen LogP contribution in [-0.2, 0) is 10.0 Å². The summed E-state index contributed by atoms with van der Waals surface area (Å²) in [5.41, 5.74) is 1.96. The topological polar surface area (TPSA) is 91.3 Å². The quantitative estimate of drug-likeness (QED) is 0.645. The van der Waals surface area contributed by atoms with Gasteiger partial charge in [-0.1, -0.05) is 39.0 Å². The average Bonchev–Trinajstić information content (AvgIpc) is 3.23. The predicted molar refractivity (Wildman–Crippen MR) is 141 cm³/mol. The Balaban J connectivity index is 1.72. The molecule has 198 valence electrons. The van der Waals surface area contributed by atoms with Gasteiger partial charge in [-0.25, -0.2) is 13.1 Å². The summed E-state index contributed by atoms with van der Waals surface area (Å²) < 4.78 is 40.9. The number of nitrogens with one attached hydrogen (secondary N) is 1. The zero-order chi connectivity index (χ0) is 26.1. The molecule has 8 nitrogen and oxygen atoms in total. The number of rotatable bonds is 4. The van der Waals surface area contributed by atoms with Crippen LogP contribution in [0.1, 0.15) is 27.2 Å². The first-order valence-electron chi connectivity index (χ1n) is 12.5. The van der Waals surface area contributed by atoms with Gasteiger partial charge >= 0.3 is 0 Å². The fourth-order valence-corrected chi connectivity index (χ4v) is 6.02. The van der Waals surface area contributed by atoms with Crippen molar-refractivity contribution in [2.75, 3.05) is 46.9 Å². The van der Waals surface area contributed by atoms with Crippen LogP contribution in [0, 0.1) is 5.41 Å². The highest BCUT2D eigenvalue weighted by molar-refractivity contribution is 7.89. The fraction of sp³-hybridized carbons (Fsp3) is 0.556. The molecule has 0 aliphatic carbocycles. The molecule has 3 atom stereocenters. The van der Waals surface area contributed by atoms with E-state index in [2.05, 4.69) is 35.3 Å². The summed E-state index contributed by atoms with van der Waals surface area (Å²) in [5.74, 6) is 1.04. The molecule has 2 N–H and O–H groups in total. The minimum absolute atomic E-state index is 0.0220. The summed E-state index contributed by atoms with van der Waals surface area (Å²) in [4.78, 5) is 4.56. The zero-order valence-electron chi connectivity index (χ0n) is 21.9. The maximum atomic E-state index is 13.2. The second kappa shape index (κ2) is 10.7. The zero-order valence-corrected chi connectivity index (χ0v) is 22.7. The van der Waals surface area contributed by atoms with Crippen molar-refractivity contribution in [1.29, 1.82) is 0 Å². The molecule has 9 heteroatoms. The Morgan fingerprint density at radius 2 is 1.86 bits per heavy atom. The van der Waals surface area contributed by atoms with Gasteiger partial charge in [-0.15, -0.1) is 0 Å². The van der Waals surface area contributed by atoms with Crippen LogP contribution in [0.3, 0.4) is 0 Å². The maximum absolute atomic E-state index is 13.2. The number of likely N-dealkylation sites (N-methyl/N-ethyl adjacent to an activating group) is 1. The van der Waals surface area contributed by atoms with Crippen molar-refractivity contribution in [1.82, 2.24) is 14.5 Å². The molecule has 0 radical (unpaired) electrons. The standard InChI is InChI=1S/C27H39N3O5S/c1-27(2,3)11-12-30-17-23-25(18-30)35-24-14-20(19-7-6-8-22(13-19)34-5)9-10-26(24)36(32,33)28-15-21(31)16-29(23)4/h6-10,13-14,21,23,25,28,31H,11-12,15-18H2,1-5H3/t21-,23+,25-/m0/s1. The van der Waals surface area contributed by atoms with Crippen LogP contribution in [0.2, 0.25) is 0 Å². The van der Waals surface area contributed by atoms with Gasteiger partial charge in [-0.05, 0) is 60.8 Å². The number of likely N-dealkylation sites (tertiary alicyclic amines) is 1. The lowest BCUT2D eigenvalue weighted by Gasteiger charge is -2.30. The number of sulfonamides is 1. The second-order valence-corrected chi connectivity index (χ2v) is 12.9. The van der Waals surface area contributed by atoms with Crippen molar-refractivity contribution in [3.8, 4) is 22.6 Å². The average molecular weight is 518 g/mol. The van der Waals surface area contributed by atoms with Crippen molar-refractivity contribution in [3.63, 3.8) is 0 Å². The molecule has 2 aliphatic heterocycles. The third kappa shape index (κ3) is 6.39. The van der Waals surface area contributed by atoms with Crippen LogP contribution in [0.4, 0.5) is 0 Å². The second-order valence-electron chi connectivity index (χ2n) is 11.1. The van der Waals surface area contributed by atoms with Crippen LogP contribution in [-0.4, -0.2) is 88.5 Å². The number of aliphatic hydroxyl groups is 1. The Labute approximate surface area is 215 Å². The molecule has 2 heterocycles. The smallest absolute Gasteiger partial charge is 0.244 e. The first-order chi connectivity index (χ1) is 16.9. The van der Waals surface area contributed by atoms with E-state index in [-0.39, 0.29) is 29.0 Å². The van der Waals surface area contributed by atoms with Gasteiger partial charge in [0.25, 0.3) is 0 Å². The Hall–Kier alpha value is -2.17. The van der Waals surface area contributed by atoms with E-state index < -0.39 is 16.1 Å². The summed E-state index contributed by atoms with van der Waals surface area (Å²) in [5, 5.41) is 10.6. The lowest BCUT2D eigenvalue weighted by molar-refractivity contribution is 0.0713. The van der Waals surface area contributed by atoms with Gasteiger partial charge in [-0.2, -0.15) is 0 Å². The molecule has 1 fully saturated rings. The Bertz CT molecular complexity index is 1160. The molecule has 0 bridgehead atoms. The first kappa shape index (κ1) is 26.9. The highest BCUT2D eigenvalue weighted by Crippen LogP contribution is 2.34. The summed E-state index contributed by atoms with van der Waals surface area (Å²) in [7, 11) is -0.296. The van der Waals surface area contributed by atoms with Gasteiger partial charge in [0.05, 0.1) is 19.3 Å². The molecule has 36 heavy (non-hydrogen) atoms. The van der Waals surface area contributed by atoms with Crippen LogP contribution >= 0.6 is 0 Å². The van der Waals surface area contributed by atoms with Gasteiger partial charge in [0.1, 0.15) is 22.5 Å². The van der Waals surface area contributed by atoms with E-state index in [1.807, 2.05) is 31.3 Å². The Morgan fingerprint density at radius 3 is 2.58 bits per heavy atom. The van der Waals surface area contributed by atoms with Crippen LogP contribution in [0.25, 0.3) is 11.1 Å². The highest BCUT2D eigenvalue weighted by Gasteiger charge is 2.39. The number of fused-ring (bicyclic) bond motifs is 2. The summed E-state index contributed by atoms with van der Waals surface area (Å²) >= 11 is 0. The molecule has 0 spiro atoms. The molecule has 4 rings (SSSR count). The lowest BCUT2D eigenvalue weighted by atomic mass is 9.92. The van der Waals surface area contributed by atoms with Crippen LogP contribution in [0.15, 0.2) is 47.4 Å². The van der Waals surface area contributed by atoms with E-state index in [9.17, 15) is 13.5 Å². The van der Waals surface area contributed by atoms with E-state index in [1.54, 1.807) is 25.3 Å². The molecule has 1 saturated heterocycles. The minimum atomic E-state index is -3.88. The molecule has 0 unspecified atom stereocenters. The largest absolute Gasteiger partial charge is 0.497 e. The molecule has 0 amide bonds. The fourth-order valence-electron chi connectivity index (χ4n) is 4.83. The van der Waals surface area contributed by atoms with E-state index in [1.165, 1.54) is 0 Å². The van der Waals surface area contributed by atoms with Crippen molar-refractivity contribution >= 4 is 10.0 Å². The summed E-state index contributed by atoms with van der Waals surface area (Å²) in [6.45, 7) is 9.42. The number of hydrogen-bond donors (Lipinski definition) is 2. The number of ether oxygens (including phenoxy) is 2. The SMILES string of the molecule is COc1cccc(-c2ccc3c(c2)O[C@H]2CN(CCC(C)(C)C)C[C@H]2N(C)C[C@@H](O)CNS3(=O)=O)c1. The molecular formula is C27H39N3O5S. The Morgan fingerprint density at radius 1 is 1.11 bits per heavy atom. The lowest BCUT2D eigenvalue weighted by Crippen LogP contribution is -2.47. The third-order valence-corrected chi connectivity index (χ3v) is 8.44. The Kier molecular flexibility index (Phi) is 7.97. The molecule has 0 saturated carbocycles. The third-order valence-electron chi connectivity index (χ3n) is 6.98.